The minimum Gasteiger partial charge on any atom is -0.323 e. The lowest BCUT2D eigenvalue weighted by Crippen LogP contribution is -2.40. The number of carbonyl (C=O) groups is 2. The monoisotopic (exact) mass is 289 g/mol. The third-order valence-electron chi connectivity index (χ3n) is 3.80. The van der Waals surface area contributed by atoms with E-state index >= 15 is 0 Å². The molecule has 1 amide bonds. The highest BCUT2D eigenvalue weighted by Crippen LogP contribution is 2.24. The number of hydrogen-bond donors (Lipinski definition) is 2. The summed E-state index contributed by atoms with van der Waals surface area (Å²) in [5.41, 5.74) is -0.559. The van der Waals surface area contributed by atoms with Crippen LogP contribution in [0.2, 0.25) is 0 Å². The summed E-state index contributed by atoms with van der Waals surface area (Å²) in [5, 5.41) is 6.28. The van der Waals surface area contributed by atoms with Crippen LogP contribution in [0, 0.1) is 0 Å². The summed E-state index contributed by atoms with van der Waals surface area (Å²) in [5.74, 6) is -0.709. The number of aromatic nitrogens is 1. The van der Waals surface area contributed by atoms with E-state index in [1.54, 1.807) is 30.5 Å². The van der Waals surface area contributed by atoms with Gasteiger partial charge in [-0.25, -0.2) is 4.39 Å². The van der Waals surface area contributed by atoms with E-state index in [-0.39, 0.29) is 18.9 Å². The zero-order valence-corrected chi connectivity index (χ0v) is 11.6. The fourth-order valence-electron chi connectivity index (χ4n) is 2.59. The zero-order chi connectivity index (χ0) is 15.0. The van der Waals surface area contributed by atoms with Gasteiger partial charge in [-0.05, 0) is 30.8 Å². The topological polar surface area (TPSA) is 63.1 Å². The van der Waals surface area contributed by atoms with Gasteiger partial charge >= 0.3 is 0 Å². The Bertz CT molecular complexity index is 717. The van der Waals surface area contributed by atoms with Crippen molar-refractivity contribution in [3.63, 3.8) is 0 Å². The number of fused-ring (bicyclic) bond motifs is 1. The second-order valence-corrected chi connectivity index (χ2v) is 5.32. The highest BCUT2D eigenvalue weighted by molar-refractivity contribution is 6.00. The second kappa shape index (κ2) is 4.96. The molecule has 1 fully saturated rings. The lowest BCUT2D eigenvalue weighted by atomic mass is 10.0. The SMILES string of the molecule is CC(=O)n1ccc2cc(NC(=O)C3(F)CCNC3)ccc21. The molecule has 0 radical (unpaired) electrons. The molecule has 1 aliphatic heterocycles. The minimum atomic E-state index is -1.85. The number of nitrogens with one attached hydrogen (secondary N) is 2. The highest BCUT2D eigenvalue weighted by atomic mass is 19.1. The molecule has 0 bridgehead atoms. The Balaban J connectivity index is 1.85. The van der Waals surface area contributed by atoms with Crippen LogP contribution >= 0.6 is 0 Å². The summed E-state index contributed by atoms with van der Waals surface area (Å²) in [6, 6.07) is 6.93. The summed E-state index contributed by atoms with van der Waals surface area (Å²) in [6.45, 7) is 2.03. The lowest BCUT2D eigenvalue weighted by molar-refractivity contribution is -0.126. The number of hydrogen-bond acceptors (Lipinski definition) is 3. The summed E-state index contributed by atoms with van der Waals surface area (Å²) in [4.78, 5) is 23.4. The van der Waals surface area contributed by atoms with Crippen LogP contribution in [-0.2, 0) is 4.79 Å². The molecule has 21 heavy (non-hydrogen) atoms. The summed E-state index contributed by atoms with van der Waals surface area (Å²) in [7, 11) is 0. The summed E-state index contributed by atoms with van der Waals surface area (Å²) in [6.07, 6.45) is 1.86. The molecular formula is C15H16FN3O2. The molecule has 2 aromatic rings. The van der Waals surface area contributed by atoms with Crippen LogP contribution in [0.1, 0.15) is 18.1 Å². The summed E-state index contributed by atoms with van der Waals surface area (Å²) >= 11 is 0. The Hall–Kier alpha value is -2.21. The van der Waals surface area contributed by atoms with E-state index in [1.807, 2.05) is 0 Å². The van der Waals surface area contributed by atoms with E-state index < -0.39 is 11.6 Å². The predicted molar refractivity (Wildman–Crippen MR) is 78.2 cm³/mol. The summed E-state index contributed by atoms with van der Waals surface area (Å²) < 4.78 is 15.8. The molecule has 5 nitrogen and oxygen atoms in total. The predicted octanol–water partition coefficient (Wildman–Crippen LogP) is 1.94. The van der Waals surface area contributed by atoms with E-state index in [0.717, 1.165) is 10.9 Å². The molecule has 1 unspecified atom stereocenters. The number of anilines is 1. The van der Waals surface area contributed by atoms with Crippen LogP contribution in [0.3, 0.4) is 0 Å². The van der Waals surface area contributed by atoms with Gasteiger partial charge in [0.25, 0.3) is 5.91 Å². The van der Waals surface area contributed by atoms with Crippen molar-refractivity contribution in [2.24, 2.45) is 0 Å². The van der Waals surface area contributed by atoms with E-state index in [9.17, 15) is 14.0 Å². The number of amides is 1. The van der Waals surface area contributed by atoms with Crippen molar-refractivity contribution in [1.82, 2.24) is 9.88 Å². The first-order valence-corrected chi connectivity index (χ1v) is 6.83. The second-order valence-electron chi connectivity index (χ2n) is 5.32. The van der Waals surface area contributed by atoms with Gasteiger partial charge in [0.15, 0.2) is 0 Å². The van der Waals surface area contributed by atoms with Gasteiger partial charge in [-0.1, -0.05) is 0 Å². The first-order valence-electron chi connectivity index (χ1n) is 6.83. The largest absolute Gasteiger partial charge is 0.323 e. The van der Waals surface area contributed by atoms with Gasteiger partial charge in [0, 0.05) is 37.2 Å². The van der Waals surface area contributed by atoms with Crippen molar-refractivity contribution in [1.29, 1.82) is 0 Å². The van der Waals surface area contributed by atoms with Gasteiger partial charge in [-0.2, -0.15) is 0 Å². The van der Waals surface area contributed by atoms with Gasteiger partial charge in [0.05, 0.1) is 5.52 Å². The Labute approximate surface area is 121 Å². The molecule has 1 saturated heterocycles. The maximum Gasteiger partial charge on any atom is 0.263 e. The molecule has 1 atom stereocenters. The molecule has 0 spiro atoms. The normalized spacial score (nSPS) is 21.6. The van der Waals surface area contributed by atoms with Gasteiger partial charge < -0.3 is 10.6 Å². The number of benzene rings is 1. The molecule has 1 aliphatic rings. The Kier molecular flexibility index (Phi) is 3.25. The third kappa shape index (κ3) is 2.42. The van der Waals surface area contributed by atoms with Crippen molar-refractivity contribution in [3.8, 4) is 0 Å². The van der Waals surface area contributed by atoms with Crippen molar-refractivity contribution in [2.45, 2.75) is 19.0 Å². The molecular weight excluding hydrogens is 273 g/mol. The number of halogens is 1. The molecule has 6 heteroatoms. The van der Waals surface area contributed by atoms with E-state index in [0.29, 0.717) is 12.2 Å². The fraction of sp³-hybridized carbons (Fsp3) is 0.333. The van der Waals surface area contributed by atoms with Crippen molar-refractivity contribution in [2.75, 3.05) is 18.4 Å². The van der Waals surface area contributed by atoms with E-state index in [4.69, 9.17) is 0 Å². The first-order chi connectivity index (χ1) is 9.99. The van der Waals surface area contributed by atoms with Crippen LogP contribution in [0.25, 0.3) is 10.9 Å². The first kappa shape index (κ1) is 13.8. The maximum absolute atomic E-state index is 14.3. The van der Waals surface area contributed by atoms with Crippen LogP contribution in [-0.4, -0.2) is 35.1 Å². The molecule has 1 aromatic heterocycles. The molecule has 0 saturated carbocycles. The Morgan fingerprint density at radius 2 is 2.19 bits per heavy atom. The molecule has 0 aliphatic carbocycles. The van der Waals surface area contributed by atoms with Crippen molar-refractivity contribution >= 4 is 28.4 Å². The van der Waals surface area contributed by atoms with E-state index in [2.05, 4.69) is 10.6 Å². The number of carbonyl (C=O) groups excluding carboxylic acids is 2. The highest BCUT2D eigenvalue weighted by Gasteiger charge is 2.41. The fourth-order valence-corrected chi connectivity index (χ4v) is 2.59. The third-order valence-corrected chi connectivity index (χ3v) is 3.80. The smallest absolute Gasteiger partial charge is 0.263 e. The Morgan fingerprint density at radius 1 is 1.38 bits per heavy atom. The molecule has 2 N–H and O–H groups in total. The van der Waals surface area contributed by atoms with Crippen LogP contribution < -0.4 is 10.6 Å². The van der Waals surface area contributed by atoms with E-state index in [1.165, 1.54) is 11.5 Å². The molecule has 1 aromatic carbocycles. The minimum absolute atomic E-state index is 0.0434. The number of nitrogens with zero attached hydrogens (tertiary/aromatic N) is 1. The van der Waals surface area contributed by atoms with Gasteiger partial charge in [0.2, 0.25) is 11.6 Å². The van der Waals surface area contributed by atoms with Crippen molar-refractivity contribution in [3.05, 3.63) is 30.5 Å². The van der Waals surface area contributed by atoms with Crippen LogP contribution in [0.15, 0.2) is 30.5 Å². The number of rotatable bonds is 2. The molecule has 110 valence electrons. The van der Waals surface area contributed by atoms with Gasteiger partial charge in [-0.15, -0.1) is 0 Å². The van der Waals surface area contributed by atoms with Crippen LogP contribution in [0.5, 0.6) is 0 Å². The quantitative estimate of drug-likeness (QED) is 0.888. The van der Waals surface area contributed by atoms with Gasteiger partial charge in [0.1, 0.15) is 0 Å². The average molecular weight is 289 g/mol. The molecule has 3 rings (SSSR count). The van der Waals surface area contributed by atoms with Crippen LogP contribution in [0.4, 0.5) is 10.1 Å². The van der Waals surface area contributed by atoms with Crippen molar-refractivity contribution < 1.29 is 14.0 Å². The Morgan fingerprint density at radius 3 is 2.86 bits per heavy atom. The number of alkyl halides is 1. The molecule has 2 heterocycles. The average Bonchev–Trinajstić information content (AvgIpc) is 3.05. The standard InChI is InChI=1S/C15H16FN3O2/c1-10(20)19-7-4-11-8-12(2-3-13(11)19)18-14(21)15(16)5-6-17-9-15/h2-4,7-8,17H,5-6,9H2,1H3,(H,18,21). The lowest BCUT2D eigenvalue weighted by Gasteiger charge is -2.17. The zero-order valence-electron chi connectivity index (χ0n) is 11.6. The maximum atomic E-state index is 14.3. The van der Waals surface area contributed by atoms with Gasteiger partial charge in [-0.3, -0.25) is 14.2 Å².